The third-order valence-electron chi connectivity index (χ3n) is 10.2. The summed E-state index contributed by atoms with van der Waals surface area (Å²) in [6, 6.07) is -11.2. The normalized spacial score (nSPS) is 18.1. The number of aliphatic hydroxyl groups is 2. The molecule has 0 spiro atoms. The molecule has 0 radical (unpaired) electrons. The summed E-state index contributed by atoms with van der Waals surface area (Å²) < 4.78 is 0. The van der Waals surface area contributed by atoms with Crippen LogP contribution >= 0.6 is 24.4 Å². The van der Waals surface area contributed by atoms with Gasteiger partial charge in [0.2, 0.25) is 47.3 Å². The van der Waals surface area contributed by atoms with E-state index in [1.54, 1.807) is 41.5 Å². The average molecular weight is 948 g/mol. The maximum Gasteiger partial charge on any atom is 0.326 e. The Morgan fingerprint density at radius 3 is 1.62 bits per heavy atom. The number of rotatable bonds is 28. The fraction of sp³-hybridized carbons (Fsp3) is 0.780. The van der Waals surface area contributed by atoms with Gasteiger partial charge in [-0.15, -0.1) is 0 Å². The van der Waals surface area contributed by atoms with Crippen LogP contribution in [-0.4, -0.2) is 165 Å². The number of carbonyl (C=O) groups is 9. The van der Waals surface area contributed by atoms with Crippen molar-refractivity contribution in [2.45, 2.75) is 154 Å². The summed E-state index contributed by atoms with van der Waals surface area (Å²) in [6.45, 7) is 12.6. The second kappa shape index (κ2) is 28.7. The van der Waals surface area contributed by atoms with Gasteiger partial charge in [-0.25, -0.2) is 4.79 Å². The molecule has 1 aliphatic rings. The number of hydrogen-bond acceptors (Lipinski definition) is 14. The molecule has 1 rings (SSSR count). The number of thiol groups is 1. The first-order chi connectivity index (χ1) is 29.9. The number of nitrogens with zero attached hydrogens (tertiary/aromatic N) is 1. The fourth-order valence-corrected chi connectivity index (χ4v) is 7.53. The Labute approximate surface area is 385 Å². The summed E-state index contributed by atoms with van der Waals surface area (Å²) in [5.74, 6) is -7.49. The van der Waals surface area contributed by atoms with E-state index < -0.39 is 120 Å². The van der Waals surface area contributed by atoms with Gasteiger partial charge in [0.05, 0.1) is 18.8 Å². The first kappa shape index (κ1) is 57.8. The zero-order valence-corrected chi connectivity index (χ0v) is 40.2. The molecule has 0 aliphatic carbocycles. The summed E-state index contributed by atoms with van der Waals surface area (Å²) in [6.07, 6.45) is 1.85. The maximum atomic E-state index is 13.7. The van der Waals surface area contributed by atoms with Crippen molar-refractivity contribution < 1.29 is 58.5 Å². The Hall–Kier alpha value is -4.19. The molecule has 10 atom stereocenters. The minimum Gasteiger partial charge on any atom is -0.480 e. The van der Waals surface area contributed by atoms with Crippen molar-refractivity contribution in [2.75, 3.05) is 30.9 Å². The van der Waals surface area contributed by atoms with E-state index in [9.17, 15) is 58.5 Å². The molecule has 0 aromatic rings. The van der Waals surface area contributed by atoms with E-state index >= 15 is 0 Å². The number of carboxylic acids is 1. The van der Waals surface area contributed by atoms with E-state index in [0.717, 1.165) is 0 Å². The van der Waals surface area contributed by atoms with Crippen LogP contribution in [0.4, 0.5) is 0 Å². The van der Waals surface area contributed by atoms with Gasteiger partial charge in [0.15, 0.2) is 0 Å². The van der Waals surface area contributed by atoms with E-state index in [-0.39, 0.29) is 42.8 Å². The highest BCUT2D eigenvalue weighted by Crippen LogP contribution is 2.20. The largest absolute Gasteiger partial charge is 0.480 e. The van der Waals surface area contributed by atoms with Gasteiger partial charge in [0.25, 0.3) is 0 Å². The summed E-state index contributed by atoms with van der Waals surface area (Å²) in [5, 5.41) is 47.6. The Kier molecular flexibility index (Phi) is 25.9. The lowest BCUT2D eigenvalue weighted by atomic mass is 10.0. The van der Waals surface area contributed by atoms with Gasteiger partial charge in [-0.2, -0.15) is 24.4 Å². The predicted octanol–water partition coefficient (Wildman–Crippen LogP) is -2.00. The first-order valence-corrected chi connectivity index (χ1v) is 23.7. The molecule has 12 N–H and O–H groups in total. The van der Waals surface area contributed by atoms with Gasteiger partial charge >= 0.3 is 5.97 Å². The van der Waals surface area contributed by atoms with Crippen LogP contribution in [0.5, 0.6) is 0 Å². The highest BCUT2D eigenvalue weighted by Gasteiger charge is 2.39. The second-order valence-electron chi connectivity index (χ2n) is 17.4. The molecule has 366 valence electrons. The number of amides is 8. The van der Waals surface area contributed by atoms with Gasteiger partial charge in [-0.3, -0.25) is 38.4 Å². The van der Waals surface area contributed by atoms with E-state index in [0.29, 0.717) is 31.6 Å². The van der Waals surface area contributed by atoms with Crippen LogP contribution in [0.25, 0.3) is 0 Å². The van der Waals surface area contributed by atoms with Gasteiger partial charge in [0, 0.05) is 12.3 Å². The number of hydrogen-bond donors (Lipinski definition) is 12. The van der Waals surface area contributed by atoms with Crippen LogP contribution in [-0.2, 0) is 43.2 Å². The highest BCUT2D eigenvalue weighted by molar-refractivity contribution is 7.98. The molecule has 0 aromatic heterocycles. The fourth-order valence-electron chi connectivity index (χ4n) is 6.78. The van der Waals surface area contributed by atoms with Crippen LogP contribution in [0.1, 0.15) is 93.9 Å². The average Bonchev–Trinajstić information content (AvgIpc) is 3.71. The van der Waals surface area contributed by atoms with Crippen LogP contribution in [0, 0.1) is 17.8 Å². The lowest BCUT2D eigenvalue weighted by Gasteiger charge is -2.29. The van der Waals surface area contributed by atoms with Gasteiger partial charge in [0.1, 0.15) is 48.3 Å². The first-order valence-electron chi connectivity index (χ1n) is 21.7. The van der Waals surface area contributed by atoms with Crippen molar-refractivity contribution in [1.29, 1.82) is 0 Å². The van der Waals surface area contributed by atoms with Crippen LogP contribution in [0.2, 0.25) is 0 Å². The zero-order chi connectivity index (χ0) is 49.0. The van der Waals surface area contributed by atoms with Crippen LogP contribution < -0.4 is 43.0 Å². The molecule has 1 fully saturated rings. The van der Waals surface area contributed by atoms with Crippen LogP contribution in [0.15, 0.2) is 0 Å². The SMILES string of the molecule is CSCC[C@H](N)C(=O)N1CCC[C@H]1C(=O)N[C@@H](CO)C(=O)N[C@@H](CC(C)C)C(=O)N[C@H](C(=O)N[C@@H](CC(C)C)C(=O)N[C@@H](C)C(=O)N[C@@H](CS)C(=O)N[C@@H](CC(C)C)C(=O)O)[C@@H](C)O. The smallest absolute Gasteiger partial charge is 0.326 e. The molecule has 0 bridgehead atoms. The minimum absolute atomic E-state index is 0.0306. The van der Waals surface area contributed by atoms with E-state index in [2.05, 4.69) is 49.8 Å². The van der Waals surface area contributed by atoms with Crippen molar-refractivity contribution in [3.63, 3.8) is 0 Å². The van der Waals surface area contributed by atoms with Crippen molar-refractivity contribution in [3.05, 3.63) is 0 Å². The molecule has 1 saturated heterocycles. The molecule has 21 nitrogen and oxygen atoms in total. The van der Waals surface area contributed by atoms with Gasteiger partial charge in [-0.05, 0) is 82.1 Å². The van der Waals surface area contributed by atoms with Crippen LogP contribution in [0.3, 0.4) is 0 Å². The lowest BCUT2D eigenvalue weighted by molar-refractivity contribution is -0.142. The van der Waals surface area contributed by atoms with Crippen molar-refractivity contribution in [3.8, 4) is 0 Å². The molecule has 64 heavy (non-hydrogen) atoms. The third-order valence-corrected chi connectivity index (χ3v) is 11.2. The third kappa shape index (κ3) is 19.5. The van der Waals surface area contributed by atoms with Crippen molar-refractivity contribution in [1.82, 2.24) is 42.1 Å². The minimum atomic E-state index is -1.65. The molecule has 0 aromatic carbocycles. The standard InChI is InChI=1S/C41H73N9O12S2/c1-20(2)15-26(34(54)43-23(7)33(53)48-30(19-63)37(57)46-28(41(61)62)17-22(5)6)45-39(59)32(24(8)52)49-35(55)27(16-21(3)4)44-36(56)29(18-51)47-38(58)31-11-10-13-50(31)40(60)25(42)12-14-64-9/h20-32,51-52,63H,10-19,42H2,1-9H3,(H,43,54)(H,44,56)(H,45,59)(H,46,57)(H,47,58)(H,48,53)(H,49,55)(H,61,62)/t23-,24+,25-,26-,27-,28-,29-,30-,31-,32-/m0/s1. The van der Waals surface area contributed by atoms with Gasteiger partial charge in [-0.1, -0.05) is 41.5 Å². The molecular weight excluding hydrogens is 875 g/mol. The number of nitrogens with two attached hydrogens (primary N) is 1. The Balaban J connectivity index is 3.11. The molecular formula is C41H73N9O12S2. The van der Waals surface area contributed by atoms with E-state index in [1.807, 2.05) is 6.26 Å². The Morgan fingerprint density at radius 1 is 0.672 bits per heavy atom. The number of likely N-dealkylation sites (tertiary alicyclic amines) is 1. The number of aliphatic hydroxyl groups excluding tert-OH is 2. The predicted molar refractivity (Wildman–Crippen MR) is 244 cm³/mol. The lowest BCUT2D eigenvalue weighted by Crippen LogP contribution is -2.62. The van der Waals surface area contributed by atoms with E-state index in [1.165, 1.54) is 30.5 Å². The Morgan fingerprint density at radius 2 is 1.14 bits per heavy atom. The molecule has 1 aliphatic heterocycles. The summed E-state index contributed by atoms with van der Waals surface area (Å²) in [4.78, 5) is 120. The number of thioether (sulfide) groups is 1. The molecule has 0 saturated carbocycles. The van der Waals surface area contributed by atoms with E-state index in [4.69, 9.17) is 5.73 Å². The molecule has 8 amide bonds. The molecule has 23 heteroatoms. The quantitative estimate of drug-likeness (QED) is 0.0378. The summed E-state index contributed by atoms with van der Waals surface area (Å²) >= 11 is 5.65. The molecule has 1 heterocycles. The van der Waals surface area contributed by atoms with Crippen molar-refractivity contribution in [2.24, 2.45) is 23.5 Å². The summed E-state index contributed by atoms with van der Waals surface area (Å²) in [5.41, 5.74) is 6.07. The van der Waals surface area contributed by atoms with Gasteiger partial charge < -0.3 is 63.2 Å². The number of aliphatic carboxylic acids is 1. The maximum absolute atomic E-state index is 13.7. The number of carboxylic acid groups (broad SMARTS) is 1. The topological polar surface area (TPSA) is 328 Å². The number of nitrogens with one attached hydrogen (secondary N) is 7. The monoisotopic (exact) mass is 947 g/mol. The highest BCUT2D eigenvalue weighted by atomic mass is 32.2. The number of carbonyl (C=O) groups excluding carboxylic acids is 8. The molecule has 0 unspecified atom stereocenters. The Bertz CT molecular complexity index is 1600. The zero-order valence-electron chi connectivity index (χ0n) is 38.5. The second-order valence-corrected chi connectivity index (χ2v) is 18.8. The summed E-state index contributed by atoms with van der Waals surface area (Å²) in [7, 11) is 0. The van der Waals surface area contributed by atoms with Crippen molar-refractivity contribution >= 4 is 77.6 Å².